The van der Waals surface area contributed by atoms with Crippen molar-refractivity contribution in [1.82, 2.24) is 15.3 Å². The van der Waals surface area contributed by atoms with Gasteiger partial charge in [-0.15, -0.1) is 0 Å². The molecule has 0 aliphatic carbocycles. The third kappa shape index (κ3) is 3.54. The smallest absolute Gasteiger partial charge is 0.151 e. The van der Waals surface area contributed by atoms with Crippen LogP contribution in [0.5, 0.6) is 0 Å². The highest BCUT2D eigenvalue weighted by Crippen LogP contribution is 2.23. The Morgan fingerprint density at radius 1 is 1.10 bits per heavy atom. The van der Waals surface area contributed by atoms with E-state index in [0.29, 0.717) is 0 Å². The van der Waals surface area contributed by atoms with E-state index in [-0.39, 0.29) is 0 Å². The molecular weight excluding hydrogens is 248 g/mol. The molecule has 0 atom stereocenters. The minimum atomic E-state index is 0.748. The molecule has 1 heterocycles. The van der Waals surface area contributed by atoms with Gasteiger partial charge >= 0.3 is 0 Å². The third-order valence-electron chi connectivity index (χ3n) is 3.17. The molecule has 0 aliphatic rings. The van der Waals surface area contributed by atoms with E-state index >= 15 is 0 Å². The van der Waals surface area contributed by atoms with Crippen molar-refractivity contribution in [1.29, 1.82) is 0 Å². The number of hydrogen-bond donors (Lipinski definition) is 1. The van der Waals surface area contributed by atoms with Gasteiger partial charge in [0.2, 0.25) is 0 Å². The highest BCUT2D eigenvalue weighted by molar-refractivity contribution is 5.60. The van der Waals surface area contributed by atoms with Gasteiger partial charge in [-0.05, 0) is 43.7 Å². The highest BCUT2D eigenvalue weighted by atomic mass is 15.2. The summed E-state index contributed by atoms with van der Waals surface area (Å²) in [5.74, 6) is 0.866. The highest BCUT2D eigenvalue weighted by Gasteiger charge is 2.08. The van der Waals surface area contributed by atoms with Gasteiger partial charge in [-0.3, -0.25) is 4.98 Å². The molecule has 106 valence electrons. The maximum absolute atomic E-state index is 4.65. The number of rotatable bonds is 5. The summed E-state index contributed by atoms with van der Waals surface area (Å²) in [6.07, 6.45) is 3.61. The first kappa shape index (κ1) is 14.5. The van der Waals surface area contributed by atoms with Crippen LogP contribution >= 0.6 is 0 Å². The Bertz CT molecular complexity index is 560. The quantitative estimate of drug-likeness (QED) is 0.907. The van der Waals surface area contributed by atoms with E-state index in [1.54, 1.807) is 6.20 Å². The van der Waals surface area contributed by atoms with Crippen LogP contribution in [0.3, 0.4) is 0 Å². The zero-order chi connectivity index (χ0) is 14.5. The molecule has 0 aliphatic heterocycles. The summed E-state index contributed by atoms with van der Waals surface area (Å²) in [5, 5.41) is 3.27. The van der Waals surface area contributed by atoms with Crippen molar-refractivity contribution in [3.8, 4) is 0 Å². The summed E-state index contributed by atoms with van der Waals surface area (Å²) in [4.78, 5) is 11.0. The van der Waals surface area contributed by atoms with Gasteiger partial charge < -0.3 is 10.2 Å². The second-order valence-electron chi connectivity index (χ2n) is 5.05. The summed E-state index contributed by atoms with van der Waals surface area (Å²) < 4.78 is 0. The van der Waals surface area contributed by atoms with Crippen LogP contribution < -0.4 is 10.2 Å². The van der Waals surface area contributed by atoms with Crippen LogP contribution in [0, 0.1) is 13.8 Å². The maximum Gasteiger partial charge on any atom is 0.151 e. The Balaban J connectivity index is 2.25. The summed E-state index contributed by atoms with van der Waals surface area (Å²) in [5.41, 5.74) is 4.60. The Morgan fingerprint density at radius 2 is 1.80 bits per heavy atom. The van der Waals surface area contributed by atoms with Crippen molar-refractivity contribution < 1.29 is 0 Å². The number of benzene rings is 1. The standard InChI is InChI=1S/C16H22N4/c1-5-17-9-14-10-18-11-16(19-14)20(4)15-7-12(2)6-13(3)8-15/h6-8,10-11,17H,5,9H2,1-4H3. The van der Waals surface area contributed by atoms with E-state index in [2.05, 4.69) is 59.2 Å². The molecule has 1 aromatic heterocycles. The number of aromatic nitrogens is 2. The molecule has 0 fully saturated rings. The number of anilines is 2. The van der Waals surface area contributed by atoms with E-state index in [0.717, 1.165) is 30.3 Å². The van der Waals surface area contributed by atoms with Crippen molar-refractivity contribution in [3.05, 3.63) is 47.4 Å². The van der Waals surface area contributed by atoms with Gasteiger partial charge in [0, 0.05) is 25.5 Å². The third-order valence-corrected chi connectivity index (χ3v) is 3.17. The van der Waals surface area contributed by atoms with Crippen LogP contribution in [0.4, 0.5) is 11.5 Å². The second kappa shape index (κ2) is 6.48. The Hall–Kier alpha value is -1.94. The zero-order valence-corrected chi connectivity index (χ0v) is 12.6. The number of nitrogens with one attached hydrogen (secondary N) is 1. The molecule has 1 N–H and O–H groups in total. The molecule has 0 radical (unpaired) electrons. The van der Waals surface area contributed by atoms with Crippen LogP contribution in [0.15, 0.2) is 30.6 Å². The van der Waals surface area contributed by atoms with Crippen molar-refractivity contribution >= 4 is 11.5 Å². The van der Waals surface area contributed by atoms with Crippen LogP contribution in [-0.2, 0) is 6.54 Å². The molecular formula is C16H22N4. The van der Waals surface area contributed by atoms with Crippen LogP contribution in [0.1, 0.15) is 23.7 Å². The number of nitrogens with zero attached hydrogens (tertiary/aromatic N) is 3. The summed E-state index contributed by atoms with van der Waals surface area (Å²) in [7, 11) is 2.02. The summed E-state index contributed by atoms with van der Waals surface area (Å²) in [6.45, 7) is 7.98. The molecule has 1 aromatic carbocycles. The summed E-state index contributed by atoms with van der Waals surface area (Å²) in [6, 6.07) is 6.49. The number of hydrogen-bond acceptors (Lipinski definition) is 4. The minimum Gasteiger partial charge on any atom is -0.328 e. The van der Waals surface area contributed by atoms with Gasteiger partial charge in [-0.1, -0.05) is 13.0 Å². The molecule has 2 rings (SSSR count). The average Bonchev–Trinajstić information content (AvgIpc) is 2.43. The lowest BCUT2D eigenvalue weighted by atomic mass is 10.1. The lowest BCUT2D eigenvalue weighted by molar-refractivity contribution is 0.707. The van der Waals surface area contributed by atoms with E-state index in [4.69, 9.17) is 0 Å². The van der Waals surface area contributed by atoms with Crippen molar-refractivity contribution in [2.45, 2.75) is 27.3 Å². The van der Waals surface area contributed by atoms with Crippen LogP contribution in [0.25, 0.3) is 0 Å². The van der Waals surface area contributed by atoms with Crippen molar-refractivity contribution in [2.75, 3.05) is 18.5 Å². The molecule has 0 saturated carbocycles. The van der Waals surface area contributed by atoms with E-state index in [1.807, 2.05) is 13.2 Å². The predicted octanol–water partition coefficient (Wildman–Crippen LogP) is 2.97. The molecule has 20 heavy (non-hydrogen) atoms. The zero-order valence-electron chi connectivity index (χ0n) is 12.6. The average molecular weight is 270 g/mol. The SMILES string of the molecule is CCNCc1cncc(N(C)c2cc(C)cc(C)c2)n1. The normalized spacial score (nSPS) is 10.6. The van der Waals surface area contributed by atoms with Gasteiger partial charge in [-0.25, -0.2) is 4.98 Å². The van der Waals surface area contributed by atoms with Crippen LogP contribution in [-0.4, -0.2) is 23.6 Å². The Morgan fingerprint density at radius 3 is 2.45 bits per heavy atom. The van der Waals surface area contributed by atoms with Gasteiger partial charge in [-0.2, -0.15) is 0 Å². The summed E-state index contributed by atoms with van der Waals surface area (Å²) >= 11 is 0. The Kier molecular flexibility index (Phi) is 4.69. The fraction of sp³-hybridized carbons (Fsp3) is 0.375. The minimum absolute atomic E-state index is 0.748. The molecule has 4 heteroatoms. The molecule has 0 unspecified atom stereocenters. The molecule has 0 spiro atoms. The Labute approximate surface area is 120 Å². The van der Waals surface area contributed by atoms with Gasteiger partial charge in [0.1, 0.15) is 0 Å². The maximum atomic E-state index is 4.65. The first-order valence-electron chi connectivity index (χ1n) is 6.94. The van der Waals surface area contributed by atoms with E-state index < -0.39 is 0 Å². The molecule has 0 bridgehead atoms. The topological polar surface area (TPSA) is 41.1 Å². The molecule has 0 saturated heterocycles. The van der Waals surface area contributed by atoms with Gasteiger partial charge in [0.05, 0.1) is 11.9 Å². The van der Waals surface area contributed by atoms with Gasteiger partial charge in [0.15, 0.2) is 5.82 Å². The van der Waals surface area contributed by atoms with Gasteiger partial charge in [0.25, 0.3) is 0 Å². The van der Waals surface area contributed by atoms with Crippen molar-refractivity contribution in [3.63, 3.8) is 0 Å². The molecule has 2 aromatic rings. The van der Waals surface area contributed by atoms with E-state index in [1.165, 1.54) is 11.1 Å². The monoisotopic (exact) mass is 270 g/mol. The second-order valence-corrected chi connectivity index (χ2v) is 5.05. The van der Waals surface area contributed by atoms with Crippen molar-refractivity contribution in [2.24, 2.45) is 0 Å². The molecule has 0 amide bonds. The van der Waals surface area contributed by atoms with E-state index in [9.17, 15) is 0 Å². The first-order valence-corrected chi connectivity index (χ1v) is 6.94. The fourth-order valence-corrected chi connectivity index (χ4v) is 2.17. The van der Waals surface area contributed by atoms with Crippen LogP contribution in [0.2, 0.25) is 0 Å². The number of aryl methyl sites for hydroxylation is 2. The lowest BCUT2D eigenvalue weighted by Crippen LogP contribution is -2.16. The fourth-order valence-electron chi connectivity index (χ4n) is 2.17. The first-order chi connectivity index (χ1) is 9.60. The molecule has 4 nitrogen and oxygen atoms in total. The predicted molar refractivity (Wildman–Crippen MR) is 83.4 cm³/mol. The lowest BCUT2D eigenvalue weighted by Gasteiger charge is -2.19. The largest absolute Gasteiger partial charge is 0.328 e.